The fourth-order valence-electron chi connectivity index (χ4n) is 13.4. The van der Waals surface area contributed by atoms with Crippen molar-refractivity contribution in [3.8, 4) is 35.4 Å². The van der Waals surface area contributed by atoms with Crippen molar-refractivity contribution >= 4 is 39.3 Å². The highest BCUT2D eigenvalue weighted by Gasteiger charge is 2.51. The van der Waals surface area contributed by atoms with Gasteiger partial charge in [-0.05, 0) is 154 Å². The maximum absolute atomic E-state index is 17.1. The highest BCUT2D eigenvalue weighted by atomic mass is 19.1. The van der Waals surface area contributed by atoms with Gasteiger partial charge in [0.25, 0.3) is 0 Å². The van der Waals surface area contributed by atoms with Crippen LogP contribution in [0.4, 0.5) is 14.6 Å². The number of pyridine rings is 1. The molecule has 2 aromatic heterocycles. The van der Waals surface area contributed by atoms with E-state index in [1.807, 2.05) is 6.07 Å². The number of piperazine rings is 1. The van der Waals surface area contributed by atoms with Crippen LogP contribution in [0.5, 0.6) is 11.8 Å². The highest BCUT2D eigenvalue weighted by Crippen LogP contribution is 2.58. The van der Waals surface area contributed by atoms with Crippen LogP contribution < -0.4 is 20.3 Å². The van der Waals surface area contributed by atoms with E-state index in [1.165, 1.54) is 81.2 Å². The van der Waals surface area contributed by atoms with Gasteiger partial charge in [-0.25, -0.2) is 8.78 Å². The number of phenols is 1. The third-order valence-corrected chi connectivity index (χ3v) is 17.4. The second-order valence-electron chi connectivity index (χ2n) is 21.7. The Morgan fingerprint density at radius 2 is 1.65 bits per heavy atom. The molecule has 3 N–H and O–H groups in total. The molecule has 2 bridgehead atoms. The van der Waals surface area contributed by atoms with Gasteiger partial charge in [0.1, 0.15) is 28.6 Å². The number of anilines is 1. The van der Waals surface area contributed by atoms with Gasteiger partial charge in [0.15, 0.2) is 5.82 Å². The molecular weight excluding hydrogens is 861 g/mol. The predicted octanol–water partition coefficient (Wildman–Crippen LogP) is 8.90. The second kappa shape index (κ2) is 17.1. The van der Waals surface area contributed by atoms with Gasteiger partial charge in [-0.3, -0.25) is 19.9 Å². The summed E-state index contributed by atoms with van der Waals surface area (Å²) < 4.78 is 38.7. The maximum Gasteiger partial charge on any atom is 0.319 e. The van der Waals surface area contributed by atoms with E-state index in [9.17, 15) is 14.7 Å². The van der Waals surface area contributed by atoms with Crippen LogP contribution in [0.15, 0.2) is 54.7 Å². The lowest BCUT2D eigenvalue weighted by Gasteiger charge is -2.55. The molecule has 4 saturated heterocycles. The average Bonchev–Trinajstić information content (AvgIpc) is 4.02. The lowest BCUT2D eigenvalue weighted by Crippen LogP contribution is -2.51. The standard InChI is InChI=1S/C55H59F2N7O4/c1-2-41-45(56)14-10-36-23-40(65)24-43(47(36)41)49-48(57)50-44(27-58-49)51(64-28-38-11-12-39(29-64)59-38)62-53(61-50)68-31-55(16-17-55)30-63-20-18-54(19-21-63)25-37(26-54)33-8-6-32(7-9-33)34-4-3-5-35(22-34)42-13-15-46(66)60-52(42)67/h1,3-5,10,14,22-24,27,32-33,37-39,42,59,65H,6-9,11-13,15-21,25-26,28-31H2,(H,60,66,67). The van der Waals surface area contributed by atoms with Crippen LogP contribution in [0.2, 0.25) is 0 Å². The third kappa shape index (κ3) is 8.05. The molecule has 13 heteroatoms. The van der Waals surface area contributed by atoms with Gasteiger partial charge in [0, 0.05) is 60.7 Å². The molecule has 3 aromatic carbocycles. The summed E-state index contributed by atoms with van der Waals surface area (Å²) in [7, 11) is 0. The first kappa shape index (κ1) is 43.6. The molecule has 2 amide bonds. The third-order valence-electron chi connectivity index (χ3n) is 17.4. The number of amides is 2. The van der Waals surface area contributed by atoms with Crippen molar-refractivity contribution in [1.82, 2.24) is 30.5 Å². The van der Waals surface area contributed by atoms with E-state index in [1.54, 1.807) is 6.20 Å². The molecule has 5 aromatic rings. The van der Waals surface area contributed by atoms with Crippen molar-refractivity contribution in [2.75, 3.05) is 44.2 Å². The largest absolute Gasteiger partial charge is 0.508 e. The van der Waals surface area contributed by atoms with Gasteiger partial charge in [-0.15, -0.1) is 6.42 Å². The van der Waals surface area contributed by atoms with Gasteiger partial charge in [0.05, 0.1) is 23.5 Å². The van der Waals surface area contributed by atoms with Crippen LogP contribution in [0.3, 0.4) is 0 Å². The number of imide groups is 1. The first-order valence-electron chi connectivity index (χ1n) is 25.1. The van der Waals surface area contributed by atoms with Crippen molar-refractivity contribution < 1.29 is 28.2 Å². The summed E-state index contributed by atoms with van der Waals surface area (Å²) in [5.41, 5.74) is 2.99. The smallest absolute Gasteiger partial charge is 0.319 e. The van der Waals surface area contributed by atoms with Crippen molar-refractivity contribution in [3.05, 3.63) is 83.1 Å². The van der Waals surface area contributed by atoms with E-state index < -0.39 is 11.6 Å². The SMILES string of the molecule is C#Cc1c(F)ccc2cc(O)cc(-c3ncc4c(N5CC6CCC(C5)N6)nc(OCC5(CN6CCC7(CC6)CC(C6CCC(c8cccc(C9CCC(=O)NC9=O)c8)CC6)C7)CC5)nc4c3F)c12. The van der Waals surface area contributed by atoms with Gasteiger partial charge < -0.3 is 25.0 Å². The van der Waals surface area contributed by atoms with E-state index in [-0.39, 0.29) is 57.2 Å². The number of benzene rings is 3. The van der Waals surface area contributed by atoms with Gasteiger partial charge in [0.2, 0.25) is 11.8 Å². The number of nitrogens with one attached hydrogen (secondary N) is 2. The molecule has 11 nitrogen and oxygen atoms in total. The number of terminal acetylenes is 1. The van der Waals surface area contributed by atoms with Crippen molar-refractivity contribution in [2.24, 2.45) is 22.7 Å². The van der Waals surface area contributed by atoms with E-state index in [4.69, 9.17) is 21.1 Å². The van der Waals surface area contributed by atoms with Crippen LogP contribution in [-0.2, 0) is 9.59 Å². The molecule has 3 saturated carbocycles. The Balaban J connectivity index is 0.697. The topological polar surface area (TPSA) is 133 Å². The number of aromatic hydroxyl groups is 1. The summed E-state index contributed by atoms with van der Waals surface area (Å²) in [4.78, 5) is 43.4. The Morgan fingerprint density at radius 3 is 2.38 bits per heavy atom. The number of halogens is 2. The Labute approximate surface area is 395 Å². The molecule has 6 heterocycles. The second-order valence-corrected chi connectivity index (χ2v) is 21.7. The Bertz CT molecular complexity index is 2860. The zero-order valence-corrected chi connectivity index (χ0v) is 38.5. The number of ether oxygens (including phenoxy) is 1. The van der Waals surface area contributed by atoms with Crippen LogP contribution in [0, 0.1) is 46.6 Å². The van der Waals surface area contributed by atoms with E-state index in [2.05, 4.69) is 49.5 Å². The molecule has 3 aliphatic carbocycles. The molecule has 7 aliphatic rings. The summed E-state index contributed by atoms with van der Waals surface area (Å²) >= 11 is 0. The predicted molar refractivity (Wildman–Crippen MR) is 256 cm³/mol. The lowest BCUT2D eigenvalue weighted by atomic mass is 9.52. The van der Waals surface area contributed by atoms with Crippen LogP contribution >= 0.6 is 0 Å². The average molecular weight is 920 g/mol. The minimum atomic E-state index is -0.711. The van der Waals surface area contributed by atoms with Crippen molar-refractivity contribution in [3.63, 3.8) is 0 Å². The first-order chi connectivity index (χ1) is 33.0. The summed E-state index contributed by atoms with van der Waals surface area (Å²) in [6.45, 7) is 5.05. The number of carbonyl (C=O) groups excluding carboxylic acids is 2. The Morgan fingerprint density at radius 1 is 0.882 bits per heavy atom. The molecular formula is C55H59F2N7O4. The first-order valence-corrected chi connectivity index (χ1v) is 25.1. The van der Waals surface area contributed by atoms with E-state index >= 15 is 8.78 Å². The van der Waals surface area contributed by atoms with E-state index in [0.29, 0.717) is 64.8 Å². The Hall–Kier alpha value is -5.71. The molecule has 0 radical (unpaired) electrons. The quantitative estimate of drug-likeness (QED) is 0.0922. The summed E-state index contributed by atoms with van der Waals surface area (Å²) in [6.07, 6.45) is 22.7. The van der Waals surface area contributed by atoms with Crippen LogP contribution in [-0.4, -0.2) is 88.2 Å². The molecule has 12 rings (SSSR count). The van der Waals surface area contributed by atoms with E-state index in [0.717, 1.165) is 75.8 Å². The molecule has 3 atom stereocenters. The minimum Gasteiger partial charge on any atom is -0.508 e. The van der Waals surface area contributed by atoms with Crippen LogP contribution in [0.25, 0.3) is 32.9 Å². The minimum absolute atomic E-state index is 0.00255. The summed E-state index contributed by atoms with van der Waals surface area (Å²) in [6, 6.07) is 15.0. The molecule has 4 aliphatic heterocycles. The zero-order chi connectivity index (χ0) is 46.3. The molecule has 1 spiro atoms. The number of piperidine rings is 2. The van der Waals surface area contributed by atoms with Crippen molar-refractivity contribution in [1.29, 1.82) is 0 Å². The maximum atomic E-state index is 17.1. The molecule has 7 fully saturated rings. The van der Waals surface area contributed by atoms with Gasteiger partial charge in [-0.2, -0.15) is 9.97 Å². The molecule has 3 unspecified atom stereocenters. The fraction of sp³-hybridized carbons (Fsp3) is 0.509. The normalized spacial score (nSPS) is 26.7. The number of aromatic nitrogens is 3. The van der Waals surface area contributed by atoms with Gasteiger partial charge >= 0.3 is 6.01 Å². The number of carbonyl (C=O) groups is 2. The number of likely N-dealkylation sites (tertiary alicyclic amines) is 1. The molecule has 352 valence electrons. The number of nitrogens with zero attached hydrogens (tertiary/aromatic N) is 5. The van der Waals surface area contributed by atoms with Crippen molar-refractivity contribution in [2.45, 2.75) is 114 Å². The summed E-state index contributed by atoms with van der Waals surface area (Å²) in [5, 5.41) is 18.1. The van der Waals surface area contributed by atoms with Gasteiger partial charge in [-0.1, -0.05) is 36.3 Å². The number of fused-ring (bicyclic) bond motifs is 4. The Kier molecular flexibility index (Phi) is 10.9. The molecule has 68 heavy (non-hydrogen) atoms. The van der Waals surface area contributed by atoms with Crippen LogP contribution in [0.1, 0.15) is 118 Å². The fourth-order valence-corrected chi connectivity index (χ4v) is 13.4. The summed E-state index contributed by atoms with van der Waals surface area (Å²) in [5.74, 6) is 3.16. The number of rotatable bonds is 10. The lowest BCUT2D eigenvalue weighted by molar-refractivity contribution is -0.134. The zero-order valence-electron chi connectivity index (χ0n) is 38.5. The monoisotopic (exact) mass is 919 g/mol. The number of hydrogen-bond acceptors (Lipinski definition) is 10. The highest BCUT2D eigenvalue weighted by molar-refractivity contribution is 6.03. The number of hydrogen-bond donors (Lipinski definition) is 3. The number of phenolic OH excluding ortho intramolecular Hbond substituents is 1.